The SMILES string of the molecule is Cc1coc2ccc(C(=O)N/N=C/c3ccc(F)cc3)c(O)c12. The number of carbonyl (C=O) groups excluding carboxylic acids is 1. The third kappa shape index (κ3) is 2.91. The Hall–Kier alpha value is -3.15. The summed E-state index contributed by atoms with van der Waals surface area (Å²) in [6.07, 6.45) is 2.90. The Morgan fingerprint density at radius 2 is 2.00 bits per heavy atom. The highest BCUT2D eigenvalue weighted by Crippen LogP contribution is 2.32. The third-order valence-corrected chi connectivity index (χ3v) is 3.39. The van der Waals surface area contributed by atoms with Crippen LogP contribution in [0.3, 0.4) is 0 Å². The number of hydrogen-bond donors (Lipinski definition) is 2. The molecule has 5 nitrogen and oxygen atoms in total. The Balaban J connectivity index is 1.79. The molecule has 116 valence electrons. The molecule has 23 heavy (non-hydrogen) atoms. The van der Waals surface area contributed by atoms with Crippen molar-refractivity contribution in [1.82, 2.24) is 5.43 Å². The van der Waals surface area contributed by atoms with Crippen molar-refractivity contribution >= 4 is 23.1 Å². The van der Waals surface area contributed by atoms with Crippen molar-refractivity contribution in [3.8, 4) is 5.75 Å². The topological polar surface area (TPSA) is 74.8 Å². The van der Waals surface area contributed by atoms with Gasteiger partial charge >= 0.3 is 0 Å². The number of nitrogens with one attached hydrogen (secondary N) is 1. The molecular formula is C17H13FN2O3. The van der Waals surface area contributed by atoms with Gasteiger partial charge in [0.1, 0.15) is 17.1 Å². The van der Waals surface area contributed by atoms with E-state index in [0.29, 0.717) is 16.5 Å². The Bertz CT molecular complexity index is 898. The first kappa shape index (κ1) is 14.8. The van der Waals surface area contributed by atoms with E-state index < -0.39 is 5.91 Å². The zero-order valence-electron chi connectivity index (χ0n) is 12.2. The van der Waals surface area contributed by atoms with Gasteiger partial charge in [0, 0.05) is 0 Å². The van der Waals surface area contributed by atoms with E-state index in [2.05, 4.69) is 10.5 Å². The molecule has 0 fully saturated rings. The first-order valence-corrected chi connectivity index (χ1v) is 6.85. The Morgan fingerprint density at radius 1 is 1.26 bits per heavy atom. The maximum Gasteiger partial charge on any atom is 0.275 e. The normalized spacial score (nSPS) is 11.2. The summed E-state index contributed by atoms with van der Waals surface area (Å²) in [7, 11) is 0. The van der Waals surface area contributed by atoms with Crippen LogP contribution in [0.5, 0.6) is 5.75 Å². The number of phenolic OH excluding ortho intramolecular Hbond substituents is 1. The van der Waals surface area contributed by atoms with Gasteiger partial charge in [-0.1, -0.05) is 12.1 Å². The van der Waals surface area contributed by atoms with Crippen LogP contribution >= 0.6 is 0 Å². The molecule has 0 atom stereocenters. The Morgan fingerprint density at radius 3 is 2.74 bits per heavy atom. The lowest BCUT2D eigenvalue weighted by molar-refractivity contribution is 0.0952. The van der Waals surface area contributed by atoms with Crippen molar-refractivity contribution < 1.29 is 18.7 Å². The molecule has 2 aromatic carbocycles. The largest absolute Gasteiger partial charge is 0.506 e. The number of halogens is 1. The second kappa shape index (κ2) is 5.92. The molecule has 0 spiro atoms. The van der Waals surface area contributed by atoms with Crippen LogP contribution in [0.2, 0.25) is 0 Å². The highest BCUT2D eigenvalue weighted by Gasteiger charge is 2.16. The molecule has 1 heterocycles. The van der Waals surface area contributed by atoms with Crippen LogP contribution in [0.15, 0.2) is 52.2 Å². The molecule has 0 aliphatic rings. The number of nitrogens with zero attached hydrogens (tertiary/aromatic N) is 1. The van der Waals surface area contributed by atoms with Crippen molar-refractivity contribution in [2.24, 2.45) is 5.10 Å². The summed E-state index contributed by atoms with van der Waals surface area (Å²) >= 11 is 0. The van der Waals surface area contributed by atoms with Crippen molar-refractivity contribution in [2.45, 2.75) is 6.92 Å². The van der Waals surface area contributed by atoms with Gasteiger partial charge in [-0.25, -0.2) is 9.82 Å². The average molecular weight is 312 g/mol. The van der Waals surface area contributed by atoms with Crippen molar-refractivity contribution in [3.63, 3.8) is 0 Å². The number of rotatable bonds is 3. The molecule has 3 rings (SSSR count). The molecular weight excluding hydrogens is 299 g/mol. The number of amides is 1. The molecule has 6 heteroatoms. The highest BCUT2D eigenvalue weighted by molar-refractivity contribution is 6.03. The Kier molecular flexibility index (Phi) is 3.80. The zero-order chi connectivity index (χ0) is 16.4. The third-order valence-electron chi connectivity index (χ3n) is 3.39. The average Bonchev–Trinajstić information content (AvgIpc) is 2.91. The van der Waals surface area contributed by atoms with E-state index in [1.807, 2.05) is 0 Å². The summed E-state index contributed by atoms with van der Waals surface area (Å²) in [5, 5.41) is 14.5. The monoisotopic (exact) mass is 312 g/mol. The van der Waals surface area contributed by atoms with E-state index in [1.54, 1.807) is 13.0 Å². The second-order valence-corrected chi connectivity index (χ2v) is 5.00. The molecule has 0 unspecified atom stereocenters. The minimum Gasteiger partial charge on any atom is -0.506 e. The lowest BCUT2D eigenvalue weighted by Crippen LogP contribution is -2.17. The van der Waals surface area contributed by atoms with Crippen LogP contribution in [-0.2, 0) is 0 Å². The van der Waals surface area contributed by atoms with Crippen molar-refractivity contribution in [2.75, 3.05) is 0 Å². The van der Waals surface area contributed by atoms with E-state index >= 15 is 0 Å². The van der Waals surface area contributed by atoms with Crippen LogP contribution in [0.1, 0.15) is 21.5 Å². The summed E-state index contributed by atoms with van der Waals surface area (Å²) in [6, 6.07) is 8.73. The van der Waals surface area contributed by atoms with Crippen LogP contribution in [0.25, 0.3) is 11.0 Å². The van der Waals surface area contributed by atoms with Gasteiger partial charge < -0.3 is 9.52 Å². The molecule has 0 bridgehead atoms. The first-order valence-electron chi connectivity index (χ1n) is 6.85. The smallest absolute Gasteiger partial charge is 0.275 e. The number of fused-ring (bicyclic) bond motifs is 1. The van der Waals surface area contributed by atoms with Gasteiger partial charge in [0.05, 0.1) is 23.4 Å². The summed E-state index contributed by atoms with van der Waals surface area (Å²) in [5.41, 5.74) is 4.30. The van der Waals surface area contributed by atoms with Crippen LogP contribution in [0.4, 0.5) is 4.39 Å². The number of phenols is 1. The van der Waals surface area contributed by atoms with Gasteiger partial charge in [-0.15, -0.1) is 0 Å². The molecule has 0 aliphatic heterocycles. The maximum atomic E-state index is 12.8. The van der Waals surface area contributed by atoms with Gasteiger partial charge in [0.25, 0.3) is 5.91 Å². The van der Waals surface area contributed by atoms with Crippen LogP contribution in [0, 0.1) is 12.7 Å². The number of hydrazone groups is 1. The van der Waals surface area contributed by atoms with E-state index in [1.165, 1.54) is 42.8 Å². The molecule has 3 aromatic rings. The number of carbonyl (C=O) groups is 1. The van der Waals surface area contributed by atoms with Gasteiger partial charge in [-0.2, -0.15) is 5.10 Å². The van der Waals surface area contributed by atoms with Gasteiger partial charge in [-0.05, 0) is 42.3 Å². The fraction of sp³-hybridized carbons (Fsp3) is 0.0588. The first-order chi connectivity index (χ1) is 11.1. The van der Waals surface area contributed by atoms with E-state index in [4.69, 9.17) is 4.42 Å². The fourth-order valence-corrected chi connectivity index (χ4v) is 2.22. The predicted octanol–water partition coefficient (Wildman–Crippen LogP) is 3.35. The molecule has 0 radical (unpaired) electrons. The standard InChI is InChI=1S/C17H13FN2O3/c1-10-9-23-14-7-6-13(16(21)15(10)14)17(22)20-19-8-11-2-4-12(18)5-3-11/h2-9,21H,1H3,(H,20,22)/b19-8+. The number of aryl methyl sites for hydroxylation is 1. The summed E-state index contributed by atoms with van der Waals surface area (Å²) in [4.78, 5) is 12.1. The summed E-state index contributed by atoms with van der Waals surface area (Å²) in [6.45, 7) is 1.78. The minimum atomic E-state index is -0.552. The molecule has 0 saturated heterocycles. The van der Waals surface area contributed by atoms with E-state index in [-0.39, 0.29) is 17.1 Å². The second-order valence-electron chi connectivity index (χ2n) is 5.00. The summed E-state index contributed by atoms with van der Waals surface area (Å²) < 4.78 is 18.0. The molecule has 1 amide bonds. The predicted molar refractivity (Wildman–Crippen MR) is 84.1 cm³/mol. The van der Waals surface area contributed by atoms with E-state index in [9.17, 15) is 14.3 Å². The number of hydrogen-bond acceptors (Lipinski definition) is 4. The van der Waals surface area contributed by atoms with E-state index in [0.717, 1.165) is 5.56 Å². The Labute approximate surface area is 131 Å². The lowest BCUT2D eigenvalue weighted by Gasteiger charge is -2.04. The highest BCUT2D eigenvalue weighted by atomic mass is 19.1. The maximum absolute atomic E-state index is 12.8. The number of aromatic hydroxyl groups is 1. The van der Waals surface area contributed by atoms with Crippen LogP contribution < -0.4 is 5.43 Å². The van der Waals surface area contributed by atoms with Gasteiger partial charge in [0.15, 0.2) is 0 Å². The zero-order valence-corrected chi connectivity index (χ0v) is 12.2. The number of benzene rings is 2. The quantitative estimate of drug-likeness (QED) is 0.575. The minimum absolute atomic E-state index is 0.0956. The molecule has 1 aromatic heterocycles. The lowest BCUT2D eigenvalue weighted by atomic mass is 10.1. The van der Waals surface area contributed by atoms with Crippen molar-refractivity contribution in [1.29, 1.82) is 0 Å². The molecule has 2 N–H and O–H groups in total. The van der Waals surface area contributed by atoms with Gasteiger partial charge in [-0.3, -0.25) is 4.79 Å². The number of furan rings is 1. The fourth-order valence-electron chi connectivity index (χ4n) is 2.22. The molecule has 0 saturated carbocycles. The summed E-state index contributed by atoms with van der Waals surface area (Å²) in [5.74, 6) is -1.05. The van der Waals surface area contributed by atoms with Crippen LogP contribution in [-0.4, -0.2) is 17.2 Å². The molecule has 0 aliphatic carbocycles. The van der Waals surface area contributed by atoms with Gasteiger partial charge in [0.2, 0.25) is 0 Å². The van der Waals surface area contributed by atoms with Crippen molar-refractivity contribution in [3.05, 3.63) is 65.2 Å².